The molecule has 1 aromatic heterocycles. The number of ether oxygens (including phenoxy) is 1. The van der Waals surface area contributed by atoms with E-state index >= 15 is 0 Å². The fourth-order valence-electron chi connectivity index (χ4n) is 3.58. The van der Waals surface area contributed by atoms with Crippen LogP contribution in [0.15, 0.2) is 41.8 Å². The summed E-state index contributed by atoms with van der Waals surface area (Å²) >= 11 is 1.74. The summed E-state index contributed by atoms with van der Waals surface area (Å²) < 4.78 is 6.01. The van der Waals surface area contributed by atoms with Crippen molar-refractivity contribution in [2.45, 2.75) is 39.7 Å². The number of fused-ring (bicyclic) bond motifs is 1. The number of rotatable bonds is 8. The van der Waals surface area contributed by atoms with Crippen LogP contribution in [0.25, 0.3) is 0 Å². The number of nitrogens with zero attached hydrogens (tertiary/aromatic N) is 2. The minimum absolute atomic E-state index is 0.0116. The molecule has 1 aromatic carbocycles. The van der Waals surface area contributed by atoms with Gasteiger partial charge in [-0.2, -0.15) is 0 Å². The predicted molar refractivity (Wildman–Crippen MR) is 116 cm³/mol. The maximum Gasteiger partial charge on any atom is 0.242 e. The number of thiophene rings is 1. The molecule has 2 amide bonds. The van der Waals surface area contributed by atoms with E-state index in [1.165, 1.54) is 17.4 Å². The van der Waals surface area contributed by atoms with Crippen molar-refractivity contribution in [3.8, 4) is 5.75 Å². The van der Waals surface area contributed by atoms with Crippen LogP contribution in [0.1, 0.15) is 43.7 Å². The highest BCUT2D eigenvalue weighted by atomic mass is 32.1. The van der Waals surface area contributed by atoms with E-state index in [0.29, 0.717) is 25.6 Å². The van der Waals surface area contributed by atoms with Gasteiger partial charge in [0.25, 0.3) is 0 Å². The second kappa shape index (κ2) is 9.92. The lowest BCUT2D eigenvalue weighted by atomic mass is 10.0. The number of hydrogen-bond donors (Lipinski definition) is 0. The van der Waals surface area contributed by atoms with Crippen LogP contribution in [-0.2, 0) is 16.0 Å². The highest BCUT2D eigenvalue weighted by Crippen LogP contribution is 2.34. The molecule has 0 saturated carbocycles. The number of carbonyl (C=O) groups excluding carboxylic acids is 2. The molecule has 156 valence electrons. The van der Waals surface area contributed by atoms with E-state index in [4.69, 9.17) is 4.74 Å². The third kappa shape index (κ3) is 5.60. The first kappa shape index (κ1) is 21.4. The van der Waals surface area contributed by atoms with Crippen molar-refractivity contribution in [3.63, 3.8) is 0 Å². The van der Waals surface area contributed by atoms with Crippen molar-refractivity contribution >= 4 is 23.2 Å². The monoisotopic (exact) mass is 414 g/mol. The molecule has 0 N–H and O–H groups in total. The predicted octanol–water partition coefficient (Wildman–Crippen LogP) is 4.15. The number of para-hydroxylation sites is 1. The number of benzene rings is 1. The van der Waals surface area contributed by atoms with Gasteiger partial charge in [0, 0.05) is 24.9 Å². The molecule has 1 aliphatic heterocycles. The molecule has 2 aromatic rings. The Labute approximate surface area is 177 Å². The van der Waals surface area contributed by atoms with Crippen LogP contribution in [0.5, 0.6) is 5.75 Å². The van der Waals surface area contributed by atoms with Crippen molar-refractivity contribution in [1.82, 2.24) is 9.80 Å². The van der Waals surface area contributed by atoms with Gasteiger partial charge in [-0.05, 0) is 47.9 Å². The maximum atomic E-state index is 13.2. The molecule has 1 unspecified atom stereocenters. The van der Waals surface area contributed by atoms with Gasteiger partial charge in [0.1, 0.15) is 12.4 Å². The molecule has 1 aliphatic rings. The minimum Gasteiger partial charge on any atom is -0.491 e. The zero-order valence-corrected chi connectivity index (χ0v) is 18.3. The zero-order valence-electron chi connectivity index (χ0n) is 17.5. The Bertz CT molecular complexity index is 819. The molecule has 0 aliphatic carbocycles. The maximum absolute atomic E-state index is 13.2. The summed E-state index contributed by atoms with van der Waals surface area (Å²) in [7, 11) is 0. The Morgan fingerprint density at radius 1 is 1.24 bits per heavy atom. The van der Waals surface area contributed by atoms with Gasteiger partial charge in [0.2, 0.25) is 11.8 Å². The van der Waals surface area contributed by atoms with Crippen molar-refractivity contribution < 1.29 is 14.3 Å². The summed E-state index contributed by atoms with van der Waals surface area (Å²) in [6, 6.07) is 11.6. The summed E-state index contributed by atoms with van der Waals surface area (Å²) in [5.74, 6) is 1.22. The van der Waals surface area contributed by atoms with E-state index in [1.807, 2.05) is 35.2 Å². The van der Waals surface area contributed by atoms with Gasteiger partial charge in [-0.1, -0.05) is 32.0 Å². The van der Waals surface area contributed by atoms with Crippen molar-refractivity contribution in [3.05, 3.63) is 52.2 Å². The van der Waals surface area contributed by atoms with Gasteiger partial charge in [-0.3, -0.25) is 9.59 Å². The molecule has 6 heteroatoms. The topological polar surface area (TPSA) is 49.9 Å². The quantitative estimate of drug-likeness (QED) is 0.652. The Kier molecular flexibility index (Phi) is 7.31. The van der Waals surface area contributed by atoms with Crippen LogP contribution >= 0.6 is 11.3 Å². The molecule has 0 spiro atoms. The Morgan fingerprint density at radius 3 is 2.69 bits per heavy atom. The van der Waals surface area contributed by atoms with Crippen LogP contribution in [0.3, 0.4) is 0 Å². The second-order valence-electron chi connectivity index (χ2n) is 7.90. The van der Waals surface area contributed by atoms with Crippen molar-refractivity contribution in [2.24, 2.45) is 5.92 Å². The van der Waals surface area contributed by atoms with Gasteiger partial charge in [-0.15, -0.1) is 11.3 Å². The Balaban J connectivity index is 1.72. The fraction of sp³-hybridized carbons (Fsp3) is 0.478. The molecule has 0 radical (unpaired) electrons. The fourth-order valence-corrected chi connectivity index (χ4v) is 4.51. The third-order valence-electron chi connectivity index (χ3n) is 5.31. The van der Waals surface area contributed by atoms with Gasteiger partial charge in [0.05, 0.1) is 12.6 Å². The first-order valence-corrected chi connectivity index (χ1v) is 11.1. The Hall–Kier alpha value is -2.34. The average molecular weight is 415 g/mol. The van der Waals surface area contributed by atoms with E-state index in [9.17, 15) is 9.59 Å². The van der Waals surface area contributed by atoms with Gasteiger partial charge < -0.3 is 14.5 Å². The molecular formula is C23H30N2O3S. The minimum atomic E-state index is -0.128. The van der Waals surface area contributed by atoms with Crippen LogP contribution in [0.2, 0.25) is 0 Å². The zero-order chi connectivity index (χ0) is 20.8. The number of amides is 2. The van der Waals surface area contributed by atoms with Gasteiger partial charge in [0.15, 0.2) is 0 Å². The van der Waals surface area contributed by atoms with Crippen LogP contribution < -0.4 is 4.74 Å². The molecule has 5 nitrogen and oxygen atoms in total. The summed E-state index contributed by atoms with van der Waals surface area (Å²) in [5.41, 5.74) is 1.17. The number of hydrogen-bond acceptors (Lipinski definition) is 4. The largest absolute Gasteiger partial charge is 0.491 e. The SMILES string of the molecule is CC(=O)N(CCC(C)C)CC(=O)N1CCc2sccc2C1COc1ccccc1. The lowest BCUT2D eigenvalue weighted by Gasteiger charge is -2.37. The van der Waals surface area contributed by atoms with Crippen LogP contribution in [-0.4, -0.2) is 47.9 Å². The van der Waals surface area contributed by atoms with E-state index < -0.39 is 0 Å². The standard InChI is InChI=1S/C23H30N2O3S/c1-17(2)9-12-24(18(3)26)15-23(27)25-13-10-22-20(11-14-29-22)21(25)16-28-19-7-5-4-6-8-19/h4-8,11,14,17,21H,9-10,12-13,15-16H2,1-3H3. The smallest absolute Gasteiger partial charge is 0.242 e. The summed E-state index contributed by atoms with van der Waals surface area (Å²) in [6.45, 7) is 7.60. The van der Waals surface area contributed by atoms with Crippen molar-refractivity contribution in [2.75, 3.05) is 26.2 Å². The Morgan fingerprint density at radius 2 is 2.00 bits per heavy atom. The molecule has 0 saturated heterocycles. The third-order valence-corrected chi connectivity index (χ3v) is 6.31. The first-order chi connectivity index (χ1) is 14.0. The molecule has 2 heterocycles. The summed E-state index contributed by atoms with van der Waals surface area (Å²) in [4.78, 5) is 30.1. The molecule has 29 heavy (non-hydrogen) atoms. The van der Waals surface area contributed by atoms with Gasteiger partial charge in [-0.25, -0.2) is 0 Å². The summed E-state index contributed by atoms with van der Waals surface area (Å²) in [5, 5.41) is 2.08. The molecule has 1 atom stereocenters. The lowest BCUT2D eigenvalue weighted by Crippen LogP contribution is -2.47. The van der Waals surface area contributed by atoms with Crippen LogP contribution in [0.4, 0.5) is 0 Å². The second-order valence-corrected chi connectivity index (χ2v) is 8.90. The molecule has 3 rings (SSSR count). The lowest BCUT2D eigenvalue weighted by molar-refractivity contribution is -0.142. The summed E-state index contributed by atoms with van der Waals surface area (Å²) in [6.07, 6.45) is 1.74. The van der Waals surface area contributed by atoms with E-state index in [-0.39, 0.29) is 24.4 Å². The number of carbonyl (C=O) groups is 2. The normalized spacial score (nSPS) is 15.9. The van der Waals surface area contributed by atoms with Gasteiger partial charge >= 0.3 is 0 Å². The molecule has 0 bridgehead atoms. The molecular weight excluding hydrogens is 384 g/mol. The van der Waals surface area contributed by atoms with Crippen molar-refractivity contribution in [1.29, 1.82) is 0 Å². The molecule has 0 fully saturated rings. The first-order valence-electron chi connectivity index (χ1n) is 10.2. The van der Waals surface area contributed by atoms with E-state index in [0.717, 1.165) is 18.6 Å². The highest BCUT2D eigenvalue weighted by Gasteiger charge is 2.33. The van der Waals surface area contributed by atoms with E-state index in [2.05, 4.69) is 25.3 Å². The highest BCUT2D eigenvalue weighted by molar-refractivity contribution is 7.10. The average Bonchev–Trinajstić information content (AvgIpc) is 3.18. The van der Waals surface area contributed by atoms with Crippen LogP contribution in [0, 0.1) is 5.92 Å². The van der Waals surface area contributed by atoms with E-state index in [1.54, 1.807) is 16.2 Å².